The Morgan fingerprint density at radius 2 is 1.92 bits per heavy atom. The van der Waals surface area contributed by atoms with E-state index >= 15 is 0 Å². The van der Waals surface area contributed by atoms with Crippen LogP contribution in [0.1, 0.15) is 34.3 Å². The minimum atomic E-state index is -0.400. The molecule has 0 amide bonds. The van der Waals surface area contributed by atoms with Crippen LogP contribution in [0.5, 0.6) is 5.75 Å². The molecule has 0 aliphatic carbocycles. The third-order valence-corrected chi connectivity index (χ3v) is 4.11. The smallest absolute Gasteiger partial charge is 0.340 e. The quantitative estimate of drug-likeness (QED) is 0.530. The largest absolute Gasteiger partial charge is 0.493 e. The van der Waals surface area contributed by atoms with Gasteiger partial charge in [0.2, 0.25) is 0 Å². The Hall–Kier alpha value is -2.20. The number of unbranched alkanes of at least 4 members (excludes halogenated alkanes) is 1. The maximum atomic E-state index is 11.8. The minimum absolute atomic E-state index is 0.400. The summed E-state index contributed by atoms with van der Waals surface area (Å²) in [6, 6.07) is 11.4. The molecule has 0 aliphatic rings. The topological polar surface area (TPSA) is 47.6 Å². The monoisotopic (exact) mass is 361 g/mol. The molecule has 5 heteroatoms. The van der Waals surface area contributed by atoms with E-state index in [1.165, 1.54) is 12.7 Å². The maximum Gasteiger partial charge on any atom is 0.340 e. The summed E-state index contributed by atoms with van der Waals surface area (Å²) in [5.41, 5.74) is 3.52. The number of rotatable bonds is 8. The molecular weight excluding hydrogens is 338 g/mol. The molecule has 0 saturated carbocycles. The van der Waals surface area contributed by atoms with E-state index in [2.05, 4.69) is 30.4 Å². The number of anilines is 1. The molecule has 25 heavy (non-hydrogen) atoms. The van der Waals surface area contributed by atoms with E-state index in [0.29, 0.717) is 17.2 Å². The van der Waals surface area contributed by atoms with Crippen LogP contribution < -0.4 is 10.1 Å². The summed E-state index contributed by atoms with van der Waals surface area (Å²) in [5.74, 6) is 0.543. The summed E-state index contributed by atoms with van der Waals surface area (Å²) in [4.78, 5) is 11.8. The first-order valence-electron chi connectivity index (χ1n) is 8.33. The fraction of sp³-hybridized carbons (Fsp3) is 0.350. The zero-order valence-corrected chi connectivity index (χ0v) is 15.7. The van der Waals surface area contributed by atoms with Crippen LogP contribution in [0.15, 0.2) is 36.4 Å². The molecule has 1 N–H and O–H groups in total. The number of benzene rings is 2. The van der Waals surface area contributed by atoms with E-state index in [1.54, 1.807) is 18.2 Å². The Balaban J connectivity index is 1.78. The first-order chi connectivity index (χ1) is 12.0. The molecule has 0 fully saturated rings. The molecule has 0 spiro atoms. The molecule has 0 aliphatic heterocycles. The molecule has 0 heterocycles. The average molecular weight is 362 g/mol. The van der Waals surface area contributed by atoms with Gasteiger partial charge in [0.25, 0.3) is 0 Å². The van der Waals surface area contributed by atoms with E-state index in [-0.39, 0.29) is 0 Å². The summed E-state index contributed by atoms with van der Waals surface area (Å²) in [6.07, 6.45) is 1.84. The Kier molecular flexibility index (Phi) is 7.14. The maximum absolute atomic E-state index is 11.8. The number of halogens is 1. The third-order valence-electron chi connectivity index (χ3n) is 3.87. The Labute approximate surface area is 154 Å². The summed E-state index contributed by atoms with van der Waals surface area (Å²) >= 11 is 5.95. The van der Waals surface area contributed by atoms with Crippen molar-refractivity contribution in [2.45, 2.75) is 26.7 Å². The number of hydrogen-bond donors (Lipinski definition) is 1. The van der Waals surface area contributed by atoms with Crippen molar-refractivity contribution in [3.63, 3.8) is 0 Å². The average Bonchev–Trinajstić information content (AvgIpc) is 2.61. The SMILES string of the molecule is COC(=O)c1cc(Cl)ccc1NCCCCOc1cc(C)ccc1C. The highest BCUT2D eigenvalue weighted by Gasteiger charge is 2.12. The van der Waals surface area contributed by atoms with Crippen LogP contribution in [-0.2, 0) is 4.74 Å². The van der Waals surface area contributed by atoms with Crippen molar-refractivity contribution < 1.29 is 14.3 Å². The number of nitrogens with one attached hydrogen (secondary N) is 1. The van der Waals surface area contributed by atoms with Crippen molar-refractivity contribution >= 4 is 23.3 Å². The molecular formula is C20H24ClNO3. The van der Waals surface area contributed by atoms with Crippen LogP contribution >= 0.6 is 11.6 Å². The van der Waals surface area contributed by atoms with Gasteiger partial charge in [0.15, 0.2) is 0 Å². The molecule has 2 aromatic carbocycles. The van der Waals surface area contributed by atoms with Gasteiger partial charge in [-0.25, -0.2) is 4.79 Å². The lowest BCUT2D eigenvalue weighted by Crippen LogP contribution is -2.10. The van der Waals surface area contributed by atoms with Crippen molar-refractivity contribution in [1.29, 1.82) is 0 Å². The normalized spacial score (nSPS) is 10.4. The van der Waals surface area contributed by atoms with Crippen LogP contribution in [0.4, 0.5) is 5.69 Å². The first kappa shape index (κ1) is 19.1. The minimum Gasteiger partial charge on any atom is -0.493 e. The lowest BCUT2D eigenvalue weighted by Gasteiger charge is -2.12. The van der Waals surface area contributed by atoms with E-state index < -0.39 is 5.97 Å². The Morgan fingerprint density at radius 3 is 2.68 bits per heavy atom. The number of carbonyl (C=O) groups excluding carboxylic acids is 1. The second kappa shape index (κ2) is 9.33. The van der Waals surface area contributed by atoms with Gasteiger partial charge in [0, 0.05) is 17.3 Å². The predicted octanol–water partition coefficient (Wildman–Crippen LogP) is 5.01. The van der Waals surface area contributed by atoms with Gasteiger partial charge < -0.3 is 14.8 Å². The summed E-state index contributed by atoms with van der Waals surface area (Å²) in [7, 11) is 1.36. The van der Waals surface area contributed by atoms with Crippen LogP contribution in [0.3, 0.4) is 0 Å². The molecule has 134 valence electrons. The highest BCUT2D eigenvalue weighted by atomic mass is 35.5. The fourth-order valence-electron chi connectivity index (χ4n) is 2.44. The molecule has 0 saturated heterocycles. The van der Waals surface area contributed by atoms with E-state index in [9.17, 15) is 4.79 Å². The van der Waals surface area contributed by atoms with Crippen molar-refractivity contribution in [1.82, 2.24) is 0 Å². The second-order valence-corrected chi connectivity index (χ2v) is 6.37. The predicted molar refractivity (Wildman–Crippen MR) is 102 cm³/mol. The van der Waals surface area contributed by atoms with Crippen LogP contribution in [-0.4, -0.2) is 26.2 Å². The van der Waals surface area contributed by atoms with Gasteiger partial charge in [-0.05, 0) is 62.1 Å². The highest BCUT2D eigenvalue weighted by molar-refractivity contribution is 6.31. The van der Waals surface area contributed by atoms with Gasteiger partial charge in [-0.2, -0.15) is 0 Å². The van der Waals surface area contributed by atoms with Gasteiger partial charge in [-0.1, -0.05) is 23.7 Å². The van der Waals surface area contributed by atoms with Crippen LogP contribution in [0.2, 0.25) is 5.02 Å². The molecule has 2 rings (SSSR count). The number of ether oxygens (including phenoxy) is 2. The highest BCUT2D eigenvalue weighted by Crippen LogP contribution is 2.22. The van der Waals surface area contributed by atoms with Gasteiger partial charge in [0.05, 0.1) is 19.3 Å². The first-order valence-corrected chi connectivity index (χ1v) is 8.71. The van der Waals surface area contributed by atoms with Crippen molar-refractivity contribution in [3.8, 4) is 5.75 Å². The van der Waals surface area contributed by atoms with E-state index in [4.69, 9.17) is 21.1 Å². The van der Waals surface area contributed by atoms with Crippen LogP contribution in [0, 0.1) is 13.8 Å². The lowest BCUT2D eigenvalue weighted by atomic mass is 10.1. The van der Waals surface area contributed by atoms with Gasteiger partial charge in [-0.3, -0.25) is 0 Å². The van der Waals surface area contributed by atoms with Crippen molar-refractivity contribution in [3.05, 3.63) is 58.1 Å². The summed E-state index contributed by atoms with van der Waals surface area (Å²) in [6.45, 7) is 5.50. The standard InChI is InChI=1S/C20H24ClNO3/c1-14-6-7-15(2)19(12-14)25-11-5-4-10-22-18-9-8-16(21)13-17(18)20(23)24-3/h6-9,12-13,22H,4-5,10-11H2,1-3H3. The molecule has 0 unspecified atom stereocenters. The molecule has 0 aromatic heterocycles. The summed E-state index contributed by atoms with van der Waals surface area (Å²) in [5, 5.41) is 3.77. The molecule has 0 bridgehead atoms. The van der Waals surface area contributed by atoms with Crippen molar-refractivity contribution in [2.24, 2.45) is 0 Å². The molecule has 0 radical (unpaired) electrons. The van der Waals surface area contributed by atoms with E-state index in [1.807, 2.05) is 6.92 Å². The fourth-order valence-corrected chi connectivity index (χ4v) is 2.62. The number of carbonyl (C=O) groups is 1. The number of esters is 1. The van der Waals surface area contributed by atoms with Gasteiger partial charge in [0.1, 0.15) is 5.75 Å². The zero-order chi connectivity index (χ0) is 18.2. The zero-order valence-electron chi connectivity index (χ0n) is 14.9. The number of hydrogen-bond acceptors (Lipinski definition) is 4. The van der Waals surface area contributed by atoms with Crippen molar-refractivity contribution in [2.75, 3.05) is 25.6 Å². The van der Waals surface area contributed by atoms with Crippen LogP contribution in [0.25, 0.3) is 0 Å². The van der Waals surface area contributed by atoms with Gasteiger partial charge in [-0.15, -0.1) is 0 Å². The van der Waals surface area contributed by atoms with Gasteiger partial charge >= 0.3 is 5.97 Å². The number of methoxy groups -OCH3 is 1. The Bertz CT molecular complexity index is 731. The Morgan fingerprint density at radius 1 is 1.12 bits per heavy atom. The molecule has 4 nitrogen and oxygen atoms in total. The third kappa shape index (κ3) is 5.68. The second-order valence-electron chi connectivity index (χ2n) is 5.93. The van der Waals surface area contributed by atoms with E-state index in [0.717, 1.165) is 36.4 Å². The summed E-state index contributed by atoms with van der Waals surface area (Å²) < 4.78 is 10.6. The lowest BCUT2D eigenvalue weighted by molar-refractivity contribution is 0.0602. The molecule has 2 aromatic rings. The molecule has 0 atom stereocenters. The number of aryl methyl sites for hydroxylation is 2.